The molecule has 0 spiro atoms. The Hall–Kier alpha value is -2.16. The van der Waals surface area contributed by atoms with Crippen LogP contribution in [0.3, 0.4) is 0 Å². The van der Waals surface area contributed by atoms with Gasteiger partial charge < -0.3 is 9.88 Å². The summed E-state index contributed by atoms with van der Waals surface area (Å²) in [6, 6.07) is 2.47. The number of likely N-dealkylation sites (tertiary alicyclic amines) is 1. The van der Waals surface area contributed by atoms with Crippen LogP contribution in [0, 0.1) is 5.92 Å². The number of anilines is 1. The van der Waals surface area contributed by atoms with Crippen LogP contribution in [0.5, 0.6) is 0 Å². The molecule has 0 radical (unpaired) electrons. The van der Waals surface area contributed by atoms with Gasteiger partial charge in [0, 0.05) is 19.8 Å². The van der Waals surface area contributed by atoms with E-state index in [1.165, 1.54) is 6.07 Å². The maximum Gasteiger partial charge on any atom is 0.435 e. The third-order valence-electron chi connectivity index (χ3n) is 4.66. The van der Waals surface area contributed by atoms with E-state index in [9.17, 15) is 13.2 Å². The van der Waals surface area contributed by atoms with E-state index >= 15 is 0 Å². The van der Waals surface area contributed by atoms with Crippen LogP contribution >= 0.6 is 0 Å². The predicted octanol–water partition coefficient (Wildman–Crippen LogP) is 2.72. The highest BCUT2D eigenvalue weighted by atomic mass is 19.4. The fourth-order valence-corrected chi connectivity index (χ4v) is 3.41. The van der Waals surface area contributed by atoms with Crippen molar-refractivity contribution in [3.05, 3.63) is 36.0 Å². The van der Waals surface area contributed by atoms with Crippen molar-refractivity contribution in [3.63, 3.8) is 0 Å². The summed E-state index contributed by atoms with van der Waals surface area (Å²) in [5.41, 5.74) is 0.149. The van der Waals surface area contributed by atoms with E-state index in [0.29, 0.717) is 18.3 Å². The molecule has 0 bridgehead atoms. The molecule has 1 saturated heterocycles. The Morgan fingerprint density at radius 3 is 2.64 bits per heavy atom. The number of alkyl halides is 3. The smallest absolute Gasteiger partial charge is 0.368 e. The van der Waals surface area contributed by atoms with Crippen LogP contribution < -0.4 is 5.32 Å². The lowest BCUT2D eigenvalue weighted by atomic mass is 9.87. The molecule has 9 heteroatoms. The summed E-state index contributed by atoms with van der Waals surface area (Å²) in [4.78, 5) is 6.50. The molecule has 0 aromatic carbocycles. The zero-order chi connectivity index (χ0) is 18.0. The normalized spacial score (nSPS) is 22.1. The van der Waals surface area contributed by atoms with Gasteiger partial charge in [-0.1, -0.05) is 0 Å². The highest BCUT2D eigenvalue weighted by molar-refractivity contribution is 5.33. The fourth-order valence-electron chi connectivity index (χ4n) is 3.41. The molecule has 6 nitrogen and oxygen atoms in total. The van der Waals surface area contributed by atoms with Crippen molar-refractivity contribution in [2.75, 3.05) is 25.5 Å². The third-order valence-corrected chi connectivity index (χ3v) is 4.66. The summed E-state index contributed by atoms with van der Waals surface area (Å²) in [5, 5.41) is 10.0. The average Bonchev–Trinajstić information content (AvgIpc) is 2.98. The van der Waals surface area contributed by atoms with Crippen molar-refractivity contribution in [2.45, 2.75) is 25.1 Å². The number of imidazole rings is 1. The van der Waals surface area contributed by atoms with Gasteiger partial charge in [0.1, 0.15) is 5.82 Å². The second-order valence-corrected chi connectivity index (χ2v) is 6.44. The second kappa shape index (κ2) is 6.99. The van der Waals surface area contributed by atoms with Gasteiger partial charge in [0.25, 0.3) is 0 Å². The molecule has 3 rings (SSSR count). The third kappa shape index (κ3) is 3.92. The van der Waals surface area contributed by atoms with Gasteiger partial charge in [-0.15, -0.1) is 10.2 Å². The highest BCUT2D eigenvalue weighted by Gasteiger charge is 2.34. The van der Waals surface area contributed by atoms with Gasteiger partial charge in [0.15, 0.2) is 5.69 Å². The summed E-state index contributed by atoms with van der Waals surface area (Å²) in [7, 11) is 4.05. The van der Waals surface area contributed by atoms with Gasteiger partial charge in [-0.2, -0.15) is 13.2 Å². The maximum atomic E-state index is 12.5. The van der Waals surface area contributed by atoms with Crippen molar-refractivity contribution in [1.82, 2.24) is 24.6 Å². The van der Waals surface area contributed by atoms with Gasteiger partial charge >= 0.3 is 6.18 Å². The molecule has 3 heterocycles. The van der Waals surface area contributed by atoms with Crippen molar-refractivity contribution >= 4 is 5.82 Å². The number of halogens is 3. The van der Waals surface area contributed by atoms with Crippen molar-refractivity contribution < 1.29 is 13.2 Å². The van der Waals surface area contributed by atoms with Gasteiger partial charge in [0.2, 0.25) is 0 Å². The predicted molar refractivity (Wildman–Crippen MR) is 86.8 cm³/mol. The number of piperidine rings is 1. The fraction of sp³-hybridized carbons (Fsp3) is 0.562. The number of nitrogens with one attached hydrogen (secondary N) is 1. The maximum absolute atomic E-state index is 12.5. The summed E-state index contributed by atoms with van der Waals surface area (Å²) in [5.74, 6) is 0.656. The summed E-state index contributed by atoms with van der Waals surface area (Å²) < 4.78 is 39.7. The first-order chi connectivity index (χ1) is 11.9. The molecule has 136 valence electrons. The molecule has 25 heavy (non-hydrogen) atoms. The molecule has 2 atom stereocenters. The number of aryl methyl sites for hydroxylation is 1. The van der Waals surface area contributed by atoms with Crippen LogP contribution in [-0.4, -0.2) is 44.8 Å². The number of hydrogen-bond acceptors (Lipinski definition) is 5. The van der Waals surface area contributed by atoms with E-state index in [2.05, 4.69) is 32.4 Å². The lowest BCUT2D eigenvalue weighted by Crippen LogP contribution is -2.39. The molecule has 0 saturated carbocycles. The number of rotatable bonds is 4. The van der Waals surface area contributed by atoms with Crippen LogP contribution in [0.4, 0.5) is 19.0 Å². The molecule has 1 aliphatic heterocycles. The van der Waals surface area contributed by atoms with Crippen molar-refractivity contribution in [1.29, 1.82) is 0 Å². The lowest BCUT2D eigenvalue weighted by molar-refractivity contribution is -0.141. The van der Waals surface area contributed by atoms with Gasteiger partial charge in [-0.25, -0.2) is 4.98 Å². The zero-order valence-corrected chi connectivity index (χ0v) is 14.2. The zero-order valence-electron chi connectivity index (χ0n) is 14.2. The van der Waals surface area contributed by atoms with Crippen LogP contribution in [0.2, 0.25) is 0 Å². The van der Waals surface area contributed by atoms with E-state index in [1.54, 1.807) is 6.33 Å². The Kier molecular flexibility index (Phi) is 4.94. The first-order valence-electron chi connectivity index (χ1n) is 8.17. The molecule has 2 aromatic rings. The molecular weight excluding hydrogens is 333 g/mol. The second-order valence-electron chi connectivity index (χ2n) is 6.44. The van der Waals surface area contributed by atoms with Crippen molar-refractivity contribution in [2.24, 2.45) is 13.0 Å². The quantitative estimate of drug-likeness (QED) is 0.915. The number of hydrogen-bond donors (Lipinski definition) is 1. The van der Waals surface area contributed by atoms with E-state index < -0.39 is 11.9 Å². The van der Waals surface area contributed by atoms with Crippen molar-refractivity contribution in [3.8, 4) is 0 Å². The SMILES string of the molecule is CN1CCC[C@@H](CNc2ccc(C(F)(F)F)nn2)[C@@H]1c1cncn1C. The molecular formula is C16H21F3N6. The molecule has 1 aliphatic rings. The Labute approximate surface area is 144 Å². The minimum atomic E-state index is -4.47. The molecule has 2 aromatic heterocycles. The Morgan fingerprint density at radius 1 is 1.24 bits per heavy atom. The summed E-state index contributed by atoms with van der Waals surface area (Å²) >= 11 is 0. The minimum absolute atomic E-state index is 0.205. The molecule has 1 N–H and O–H groups in total. The number of aromatic nitrogens is 4. The molecule has 0 amide bonds. The minimum Gasteiger partial charge on any atom is -0.368 e. The van der Waals surface area contributed by atoms with Crippen LogP contribution in [-0.2, 0) is 13.2 Å². The average molecular weight is 354 g/mol. The van der Waals surface area contributed by atoms with E-state index in [0.717, 1.165) is 31.1 Å². The first-order valence-corrected chi connectivity index (χ1v) is 8.17. The topological polar surface area (TPSA) is 58.9 Å². The Morgan fingerprint density at radius 2 is 2.04 bits per heavy atom. The van der Waals surface area contributed by atoms with E-state index in [4.69, 9.17) is 0 Å². The largest absolute Gasteiger partial charge is 0.435 e. The Bertz CT molecular complexity index is 697. The standard InChI is InChI=1S/C16H21F3N6/c1-24-7-3-4-11(15(24)12-9-20-10-25(12)2)8-21-14-6-5-13(22-23-14)16(17,18)19/h5-6,9-11,15H,3-4,7-8H2,1-2H3,(H,21,23)/t11-,15+/m0/s1. The first kappa shape index (κ1) is 17.7. The van der Waals surface area contributed by atoms with Gasteiger partial charge in [0.05, 0.1) is 18.1 Å². The summed E-state index contributed by atoms with van der Waals surface area (Å²) in [6.45, 7) is 1.62. The van der Waals surface area contributed by atoms with Gasteiger partial charge in [-0.05, 0) is 44.5 Å². The monoisotopic (exact) mass is 354 g/mol. The number of nitrogens with zero attached hydrogens (tertiary/aromatic N) is 5. The van der Waals surface area contributed by atoms with Crippen LogP contribution in [0.1, 0.15) is 30.3 Å². The van der Waals surface area contributed by atoms with E-state index in [-0.39, 0.29) is 6.04 Å². The van der Waals surface area contributed by atoms with Gasteiger partial charge in [-0.3, -0.25) is 4.90 Å². The Balaban J connectivity index is 1.69. The highest BCUT2D eigenvalue weighted by Crippen LogP contribution is 2.35. The molecule has 0 aliphatic carbocycles. The van der Waals surface area contributed by atoms with E-state index in [1.807, 2.05) is 17.8 Å². The molecule has 0 unspecified atom stereocenters. The summed E-state index contributed by atoms with van der Waals surface area (Å²) in [6.07, 6.45) is 1.29. The van der Waals surface area contributed by atoms with Crippen LogP contribution in [0.25, 0.3) is 0 Å². The lowest BCUT2D eigenvalue weighted by Gasteiger charge is -2.39. The van der Waals surface area contributed by atoms with Crippen LogP contribution in [0.15, 0.2) is 24.7 Å². The molecule has 1 fully saturated rings.